The fourth-order valence-corrected chi connectivity index (χ4v) is 3.29. The van der Waals surface area contributed by atoms with Crippen molar-refractivity contribution in [3.05, 3.63) is 48.0 Å². The van der Waals surface area contributed by atoms with Gasteiger partial charge in [-0.3, -0.25) is 9.69 Å². The number of hydrogen-bond donors (Lipinski definition) is 1. The number of carbonyl (C=O) groups excluding carboxylic acids is 2. The summed E-state index contributed by atoms with van der Waals surface area (Å²) in [6.07, 6.45) is 0. The fourth-order valence-electron chi connectivity index (χ4n) is 3.29. The Morgan fingerprint density at radius 3 is 2.82 bits per heavy atom. The maximum atomic E-state index is 12.7. The number of methoxy groups -OCH3 is 1. The minimum atomic E-state index is -0.216. The van der Waals surface area contributed by atoms with Crippen molar-refractivity contribution in [2.75, 3.05) is 38.4 Å². The molecule has 3 amide bonds. The zero-order valence-corrected chi connectivity index (χ0v) is 15.5. The number of ether oxygens (including phenoxy) is 3. The lowest BCUT2D eigenvalue weighted by atomic mass is 10.2. The Bertz CT molecular complexity index is 901. The summed E-state index contributed by atoms with van der Waals surface area (Å²) in [5, 5.41) is 2.84. The first-order valence-electron chi connectivity index (χ1n) is 9.00. The molecule has 0 bridgehead atoms. The number of hydrogen-bond acceptors (Lipinski definition) is 5. The first kappa shape index (κ1) is 18.0. The van der Waals surface area contributed by atoms with Gasteiger partial charge in [-0.2, -0.15) is 0 Å². The fraction of sp³-hybridized carbons (Fsp3) is 0.300. The molecular weight excluding hydrogens is 362 g/mol. The van der Waals surface area contributed by atoms with E-state index in [4.69, 9.17) is 14.2 Å². The van der Waals surface area contributed by atoms with Crippen LogP contribution in [0, 0.1) is 0 Å². The summed E-state index contributed by atoms with van der Waals surface area (Å²) in [6, 6.07) is 12.7. The van der Waals surface area contributed by atoms with Gasteiger partial charge in [-0.25, -0.2) is 4.79 Å². The lowest BCUT2D eigenvalue weighted by molar-refractivity contribution is -0.121. The molecule has 1 N–H and O–H groups in total. The van der Waals surface area contributed by atoms with Crippen LogP contribution >= 0.6 is 0 Å². The smallest absolute Gasteiger partial charge is 0.325 e. The van der Waals surface area contributed by atoms with Gasteiger partial charge in [0, 0.05) is 37.0 Å². The molecule has 28 heavy (non-hydrogen) atoms. The van der Waals surface area contributed by atoms with Gasteiger partial charge in [0.15, 0.2) is 11.5 Å². The largest absolute Gasteiger partial charge is 0.496 e. The lowest BCUT2D eigenvalue weighted by Crippen LogP contribution is -2.39. The number of anilines is 1. The quantitative estimate of drug-likeness (QED) is 0.825. The Morgan fingerprint density at radius 1 is 1.14 bits per heavy atom. The van der Waals surface area contributed by atoms with Crippen molar-refractivity contribution in [2.45, 2.75) is 6.54 Å². The normalized spacial score (nSPS) is 15.1. The molecule has 0 unspecified atom stereocenters. The average molecular weight is 383 g/mol. The summed E-state index contributed by atoms with van der Waals surface area (Å²) in [7, 11) is 1.59. The van der Waals surface area contributed by atoms with E-state index < -0.39 is 0 Å². The summed E-state index contributed by atoms with van der Waals surface area (Å²) < 4.78 is 15.9. The molecule has 2 heterocycles. The van der Waals surface area contributed by atoms with Crippen molar-refractivity contribution in [3.63, 3.8) is 0 Å². The number of para-hydroxylation sites is 1. The molecule has 8 nitrogen and oxygen atoms in total. The second-order valence-corrected chi connectivity index (χ2v) is 6.48. The van der Waals surface area contributed by atoms with Gasteiger partial charge in [-0.05, 0) is 18.2 Å². The van der Waals surface area contributed by atoms with E-state index in [-0.39, 0.29) is 25.3 Å². The van der Waals surface area contributed by atoms with Crippen LogP contribution in [0.3, 0.4) is 0 Å². The molecule has 0 saturated carbocycles. The Labute approximate surface area is 162 Å². The summed E-state index contributed by atoms with van der Waals surface area (Å²) in [5.74, 6) is 1.79. The van der Waals surface area contributed by atoms with Crippen LogP contribution in [-0.2, 0) is 11.3 Å². The maximum absolute atomic E-state index is 12.7. The molecular formula is C20H21N3O5. The zero-order valence-electron chi connectivity index (χ0n) is 15.5. The van der Waals surface area contributed by atoms with Gasteiger partial charge in [0.05, 0.1) is 7.11 Å². The van der Waals surface area contributed by atoms with Gasteiger partial charge in [0.1, 0.15) is 12.3 Å². The first-order chi connectivity index (χ1) is 13.7. The summed E-state index contributed by atoms with van der Waals surface area (Å²) in [4.78, 5) is 28.2. The Kier molecular flexibility index (Phi) is 4.92. The highest BCUT2D eigenvalue weighted by Crippen LogP contribution is 2.36. The van der Waals surface area contributed by atoms with Crippen LogP contribution in [0.15, 0.2) is 42.5 Å². The molecule has 0 spiro atoms. The Morgan fingerprint density at radius 2 is 1.96 bits per heavy atom. The molecule has 2 aliphatic rings. The predicted octanol–water partition coefficient (Wildman–Crippen LogP) is 1.98. The second-order valence-electron chi connectivity index (χ2n) is 6.48. The summed E-state index contributed by atoms with van der Waals surface area (Å²) >= 11 is 0. The number of rotatable bonds is 6. The van der Waals surface area contributed by atoms with Gasteiger partial charge < -0.3 is 24.4 Å². The topological polar surface area (TPSA) is 80.3 Å². The number of carbonyl (C=O) groups is 2. The second kappa shape index (κ2) is 7.67. The highest BCUT2D eigenvalue weighted by molar-refractivity contribution is 5.96. The molecule has 4 rings (SSSR count). The number of benzene rings is 2. The number of fused-ring (bicyclic) bond motifs is 1. The minimum absolute atomic E-state index is 0.00896. The molecule has 0 aliphatic carbocycles. The Balaban J connectivity index is 1.34. The van der Waals surface area contributed by atoms with Gasteiger partial charge in [-0.1, -0.05) is 18.2 Å². The van der Waals surface area contributed by atoms with Crippen LogP contribution in [0.1, 0.15) is 5.56 Å². The standard InChI is InChI=1S/C20H21N3O5/c1-26-16-5-3-2-4-14(16)11-21-19(24)12-22-8-9-23(20(22)25)15-6-7-17-18(10-15)28-13-27-17/h2-7,10H,8-9,11-13H2,1H3,(H,21,24). The van der Waals surface area contributed by atoms with Crippen LogP contribution in [0.25, 0.3) is 0 Å². The van der Waals surface area contributed by atoms with Gasteiger partial charge >= 0.3 is 6.03 Å². The number of nitrogens with one attached hydrogen (secondary N) is 1. The van der Waals surface area contributed by atoms with E-state index in [2.05, 4.69) is 5.32 Å². The highest BCUT2D eigenvalue weighted by atomic mass is 16.7. The monoisotopic (exact) mass is 383 g/mol. The number of nitrogens with zero attached hydrogens (tertiary/aromatic N) is 2. The lowest BCUT2D eigenvalue weighted by Gasteiger charge is -2.19. The van der Waals surface area contributed by atoms with Gasteiger partial charge in [-0.15, -0.1) is 0 Å². The van der Waals surface area contributed by atoms with Gasteiger partial charge in [0.25, 0.3) is 0 Å². The number of amides is 3. The van der Waals surface area contributed by atoms with Crippen LogP contribution < -0.4 is 24.4 Å². The van der Waals surface area contributed by atoms with E-state index in [9.17, 15) is 9.59 Å². The third-order valence-electron chi connectivity index (χ3n) is 4.77. The molecule has 2 aliphatic heterocycles. The summed E-state index contributed by atoms with van der Waals surface area (Å²) in [6.45, 7) is 1.53. The molecule has 0 radical (unpaired) electrons. The van der Waals surface area contributed by atoms with E-state index in [1.165, 1.54) is 4.90 Å². The average Bonchev–Trinajstić information content (AvgIpc) is 3.33. The van der Waals surface area contributed by atoms with E-state index in [0.29, 0.717) is 36.9 Å². The van der Waals surface area contributed by atoms with E-state index in [1.54, 1.807) is 24.1 Å². The van der Waals surface area contributed by atoms with E-state index in [0.717, 1.165) is 11.3 Å². The third-order valence-corrected chi connectivity index (χ3v) is 4.77. The van der Waals surface area contributed by atoms with E-state index >= 15 is 0 Å². The van der Waals surface area contributed by atoms with Crippen LogP contribution in [0.5, 0.6) is 17.2 Å². The zero-order chi connectivity index (χ0) is 19.5. The summed E-state index contributed by atoms with van der Waals surface area (Å²) in [5.41, 5.74) is 1.61. The molecule has 0 aromatic heterocycles. The SMILES string of the molecule is COc1ccccc1CNC(=O)CN1CCN(c2ccc3c(c2)OCO3)C1=O. The molecule has 8 heteroatoms. The molecule has 1 fully saturated rings. The predicted molar refractivity (Wildman–Crippen MR) is 102 cm³/mol. The molecule has 146 valence electrons. The first-order valence-corrected chi connectivity index (χ1v) is 9.00. The van der Waals surface area contributed by atoms with Crippen molar-refractivity contribution in [2.24, 2.45) is 0 Å². The maximum Gasteiger partial charge on any atom is 0.325 e. The van der Waals surface area contributed by atoms with Gasteiger partial charge in [0.2, 0.25) is 12.7 Å². The molecule has 0 atom stereocenters. The molecule has 2 aromatic rings. The molecule has 2 aromatic carbocycles. The highest BCUT2D eigenvalue weighted by Gasteiger charge is 2.31. The van der Waals surface area contributed by atoms with Crippen molar-refractivity contribution in [3.8, 4) is 17.2 Å². The van der Waals surface area contributed by atoms with Crippen LogP contribution in [0.4, 0.5) is 10.5 Å². The minimum Gasteiger partial charge on any atom is -0.496 e. The van der Waals surface area contributed by atoms with Crippen molar-refractivity contribution in [1.29, 1.82) is 0 Å². The van der Waals surface area contributed by atoms with Crippen LogP contribution in [0.2, 0.25) is 0 Å². The number of urea groups is 1. The van der Waals surface area contributed by atoms with Crippen LogP contribution in [-0.4, -0.2) is 50.4 Å². The Hall–Kier alpha value is -3.42. The van der Waals surface area contributed by atoms with Crippen molar-refractivity contribution >= 4 is 17.6 Å². The van der Waals surface area contributed by atoms with Crippen molar-refractivity contribution in [1.82, 2.24) is 10.2 Å². The van der Waals surface area contributed by atoms with E-state index in [1.807, 2.05) is 30.3 Å². The van der Waals surface area contributed by atoms with Crippen molar-refractivity contribution < 1.29 is 23.8 Å². The molecule has 1 saturated heterocycles. The third kappa shape index (κ3) is 3.53.